The molecule has 0 bridgehead atoms. The third kappa shape index (κ3) is 12.0. The Morgan fingerprint density at radius 1 is 0.487 bits per heavy atom. The Bertz CT molecular complexity index is 584. The van der Waals surface area contributed by atoms with E-state index in [0.29, 0.717) is 0 Å². The first kappa shape index (κ1) is 36.3. The van der Waals surface area contributed by atoms with Gasteiger partial charge in [0.05, 0.1) is 79.3 Å². The van der Waals surface area contributed by atoms with Crippen LogP contribution in [0.3, 0.4) is 0 Å². The summed E-state index contributed by atoms with van der Waals surface area (Å²) in [5, 5.41) is 89.9. The number of aliphatic hydroxyl groups excluding tert-OH is 10. The summed E-state index contributed by atoms with van der Waals surface area (Å²) in [6, 6.07) is 0. The van der Waals surface area contributed by atoms with Crippen molar-refractivity contribution in [3.63, 3.8) is 0 Å². The number of rotatable bonds is 17. The monoisotopic (exact) mass is 580 g/mol. The maximum Gasteiger partial charge on any atom is 0.187 e. The van der Waals surface area contributed by atoms with Gasteiger partial charge in [0.25, 0.3) is 0 Å². The molecular weight excluding hydrogens is 536 g/mol. The molecule has 17 nitrogen and oxygen atoms in total. The van der Waals surface area contributed by atoms with E-state index >= 15 is 0 Å². The molecule has 2 fully saturated rings. The van der Waals surface area contributed by atoms with Crippen molar-refractivity contribution in [3.8, 4) is 0 Å². The van der Waals surface area contributed by atoms with Crippen LogP contribution in [0.15, 0.2) is 0 Å². The van der Waals surface area contributed by atoms with Gasteiger partial charge >= 0.3 is 0 Å². The normalized spacial score (nSPS) is 34.9. The highest BCUT2D eigenvalue weighted by Gasteiger charge is 2.49. The van der Waals surface area contributed by atoms with Crippen molar-refractivity contribution in [2.45, 2.75) is 61.4 Å². The molecule has 2 aliphatic rings. The van der Waals surface area contributed by atoms with Gasteiger partial charge in [0, 0.05) is 0 Å². The van der Waals surface area contributed by atoms with Crippen molar-refractivity contribution in [3.05, 3.63) is 0 Å². The van der Waals surface area contributed by atoms with E-state index in [9.17, 15) is 0 Å². The summed E-state index contributed by atoms with van der Waals surface area (Å²) < 4.78 is 38.3. The van der Waals surface area contributed by atoms with Gasteiger partial charge in [-0.2, -0.15) is 0 Å². The molecule has 2 aliphatic heterocycles. The molecule has 10 unspecified atom stereocenters. The van der Waals surface area contributed by atoms with E-state index in [1.165, 1.54) is 0 Å². The fourth-order valence-electron chi connectivity index (χ4n) is 3.80. The summed E-state index contributed by atoms with van der Waals surface area (Å²) in [5.74, 6) is 0. The molecule has 2 rings (SSSR count). The van der Waals surface area contributed by atoms with Crippen molar-refractivity contribution in [1.82, 2.24) is 0 Å². The predicted molar refractivity (Wildman–Crippen MR) is 126 cm³/mol. The van der Waals surface area contributed by atoms with E-state index in [0.717, 1.165) is 0 Å². The average Bonchev–Trinajstić information content (AvgIpc) is 2.94. The van der Waals surface area contributed by atoms with Gasteiger partial charge in [-0.3, -0.25) is 0 Å². The standard InChI is InChI=1S/C16H32O11.C6H12O6/c17-1-6-22-11-12-13(23-7-2-18)14(24-8-3-19)15(25-9-4-20)16(27-12)26-10-5-21;7-1-2-3(8)4(9)5(10)6(11)12-2/h12-21H,1-11H2;2-11H,1H2. The van der Waals surface area contributed by atoms with Crippen molar-refractivity contribution < 1.29 is 84.2 Å². The van der Waals surface area contributed by atoms with Gasteiger partial charge in [-0.05, 0) is 0 Å². The number of hydrogen-bond acceptors (Lipinski definition) is 17. The molecule has 2 heterocycles. The Hall–Kier alpha value is -0.680. The SMILES string of the molecule is OCC1OC(O)C(O)C(O)C1O.OCCOCC1OC(OCCO)C(OCCO)C(OCCO)C1OCCO. The van der Waals surface area contributed by atoms with Gasteiger partial charge in [-0.15, -0.1) is 0 Å². The van der Waals surface area contributed by atoms with Gasteiger partial charge in [-0.1, -0.05) is 0 Å². The van der Waals surface area contributed by atoms with E-state index in [1.807, 2.05) is 0 Å². The van der Waals surface area contributed by atoms with Crippen molar-refractivity contribution in [2.75, 3.05) is 79.3 Å². The summed E-state index contributed by atoms with van der Waals surface area (Å²) in [7, 11) is 0. The minimum absolute atomic E-state index is 0.000423. The molecule has 0 aromatic carbocycles. The number of ether oxygens (including phenoxy) is 7. The summed E-state index contributed by atoms with van der Waals surface area (Å²) in [6.07, 6.45) is -10.9. The Kier molecular flexibility index (Phi) is 19.7. The Labute approximate surface area is 225 Å². The molecule has 0 aromatic heterocycles. The molecule has 10 N–H and O–H groups in total. The maximum absolute atomic E-state index is 9.13. The second-order valence-electron chi connectivity index (χ2n) is 8.33. The first-order chi connectivity index (χ1) is 18.8. The second kappa shape index (κ2) is 21.1. The van der Waals surface area contributed by atoms with Crippen molar-refractivity contribution >= 4 is 0 Å². The largest absolute Gasteiger partial charge is 0.394 e. The molecule has 0 amide bonds. The molecule has 0 aromatic rings. The quantitative estimate of drug-likeness (QED) is 0.0717. The topological polar surface area (TPSA) is 267 Å². The van der Waals surface area contributed by atoms with Gasteiger partial charge in [0.2, 0.25) is 0 Å². The molecule has 17 heteroatoms. The zero-order valence-electron chi connectivity index (χ0n) is 21.6. The number of hydrogen-bond donors (Lipinski definition) is 10. The van der Waals surface area contributed by atoms with E-state index < -0.39 is 68.0 Å². The lowest BCUT2D eigenvalue weighted by molar-refractivity contribution is -0.325. The highest BCUT2D eigenvalue weighted by molar-refractivity contribution is 4.93. The van der Waals surface area contributed by atoms with Crippen LogP contribution in [0.25, 0.3) is 0 Å². The van der Waals surface area contributed by atoms with Crippen LogP contribution in [0.1, 0.15) is 0 Å². The first-order valence-electron chi connectivity index (χ1n) is 12.5. The van der Waals surface area contributed by atoms with Crippen LogP contribution in [-0.2, 0) is 33.2 Å². The van der Waals surface area contributed by atoms with Crippen LogP contribution in [-0.4, -0.2) is 192 Å². The second-order valence-corrected chi connectivity index (χ2v) is 8.33. The van der Waals surface area contributed by atoms with E-state index in [1.54, 1.807) is 0 Å². The Balaban J connectivity index is 0.000000525. The third-order valence-electron chi connectivity index (χ3n) is 5.55. The lowest BCUT2D eigenvalue weighted by atomic mass is 9.98. The molecule has 0 radical (unpaired) electrons. The van der Waals surface area contributed by atoms with Gasteiger partial charge in [0.1, 0.15) is 48.8 Å². The average molecular weight is 581 g/mol. The van der Waals surface area contributed by atoms with Gasteiger partial charge in [-0.25, -0.2) is 0 Å². The molecule has 0 aliphatic carbocycles. The van der Waals surface area contributed by atoms with Crippen molar-refractivity contribution in [1.29, 1.82) is 0 Å². The molecular formula is C22H44O17. The lowest BCUT2D eigenvalue weighted by Crippen LogP contribution is -2.62. The van der Waals surface area contributed by atoms with Crippen LogP contribution >= 0.6 is 0 Å². The predicted octanol–water partition coefficient (Wildman–Crippen LogP) is -6.36. The lowest BCUT2D eigenvalue weighted by Gasteiger charge is -2.45. The smallest absolute Gasteiger partial charge is 0.187 e. The summed E-state index contributed by atoms with van der Waals surface area (Å²) in [5.41, 5.74) is 0. The maximum atomic E-state index is 9.13. The molecule has 39 heavy (non-hydrogen) atoms. The fraction of sp³-hybridized carbons (Fsp3) is 1.00. The summed E-state index contributed by atoms with van der Waals surface area (Å²) in [4.78, 5) is 0. The van der Waals surface area contributed by atoms with Crippen LogP contribution < -0.4 is 0 Å². The third-order valence-corrected chi connectivity index (χ3v) is 5.55. The minimum Gasteiger partial charge on any atom is -0.394 e. The zero-order chi connectivity index (χ0) is 29.2. The molecule has 0 spiro atoms. The van der Waals surface area contributed by atoms with Gasteiger partial charge in [0.15, 0.2) is 12.6 Å². The Morgan fingerprint density at radius 2 is 1.00 bits per heavy atom. The van der Waals surface area contributed by atoms with Crippen LogP contribution in [0.4, 0.5) is 0 Å². The Morgan fingerprint density at radius 3 is 1.54 bits per heavy atom. The van der Waals surface area contributed by atoms with E-state index in [4.69, 9.17) is 79.5 Å². The van der Waals surface area contributed by atoms with Crippen molar-refractivity contribution in [2.24, 2.45) is 0 Å². The highest BCUT2D eigenvalue weighted by atomic mass is 16.7. The van der Waals surface area contributed by atoms with Crippen LogP contribution in [0.2, 0.25) is 0 Å². The van der Waals surface area contributed by atoms with Crippen LogP contribution in [0, 0.1) is 0 Å². The zero-order valence-corrected chi connectivity index (χ0v) is 21.6. The fourth-order valence-corrected chi connectivity index (χ4v) is 3.80. The molecule has 2 saturated heterocycles. The van der Waals surface area contributed by atoms with Crippen LogP contribution in [0.5, 0.6) is 0 Å². The van der Waals surface area contributed by atoms with Gasteiger partial charge < -0.3 is 84.2 Å². The number of aliphatic hydroxyl groups is 10. The summed E-state index contributed by atoms with van der Waals surface area (Å²) >= 11 is 0. The first-order valence-corrected chi connectivity index (χ1v) is 12.5. The van der Waals surface area contributed by atoms with E-state index in [2.05, 4.69) is 4.74 Å². The summed E-state index contributed by atoms with van der Waals surface area (Å²) in [6.45, 7) is -1.46. The van der Waals surface area contributed by atoms with E-state index in [-0.39, 0.29) is 72.7 Å². The molecule has 0 saturated carbocycles. The molecule has 234 valence electrons. The highest BCUT2D eigenvalue weighted by Crippen LogP contribution is 2.29. The molecule has 10 atom stereocenters. The minimum atomic E-state index is -1.57.